The van der Waals surface area contributed by atoms with E-state index in [0.717, 1.165) is 18.4 Å². The molecular weight excluding hydrogens is 270 g/mol. The Morgan fingerprint density at radius 3 is 2.57 bits per heavy atom. The molecule has 1 amide bonds. The highest BCUT2D eigenvalue weighted by atomic mass is 16.6. The highest BCUT2D eigenvalue weighted by Crippen LogP contribution is 2.22. The molecule has 116 valence electrons. The van der Waals surface area contributed by atoms with Gasteiger partial charge in [-0.25, -0.2) is 4.79 Å². The van der Waals surface area contributed by atoms with Crippen molar-refractivity contribution in [3.8, 4) is 0 Å². The zero-order valence-electron chi connectivity index (χ0n) is 12.1. The van der Waals surface area contributed by atoms with Gasteiger partial charge in [-0.2, -0.15) is 0 Å². The molecule has 0 radical (unpaired) electrons. The molecule has 0 aromatic heterocycles. The normalized spacial score (nSPS) is 17.5. The van der Waals surface area contributed by atoms with Gasteiger partial charge in [0.25, 0.3) is 0 Å². The number of hydrogen-bond acceptors (Lipinski definition) is 4. The Bertz CT molecular complexity index is 429. The summed E-state index contributed by atoms with van der Waals surface area (Å²) in [4.78, 5) is 13.7. The minimum absolute atomic E-state index is 0.195. The maximum atomic E-state index is 12.0. The lowest BCUT2D eigenvalue weighted by Crippen LogP contribution is -2.39. The van der Waals surface area contributed by atoms with E-state index < -0.39 is 6.10 Å². The lowest BCUT2D eigenvalue weighted by atomic mass is 9.91. The Morgan fingerprint density at radius 2 is 1.95 bits per heavy atom. The molecule has 1 fully saturated rings. The molecule has 5 heteroatoms. The van der Waals surface area contributed by atoms with Crippen LogP contribution in [0.5, 0.6) is 0 Å². The summed E-state index contributed by atoms with van der Waals surface area (Å²) in [7, 11) is 0. The molecule has 1 aromatic rings. The van der Waals surface area contributed by atoms with E-state index in [1.54, 1.807) is 4.90 Å². The number of hydrogen-bond donors (Lipinski definition) is 2. The number of carbonyl (C=O) groups excluding carboxylic acids is 1. The number of aliphatic hydroxyl groups is 2. The van der Waals surface area contributed by atoms with E-state index in [9.17, 15) is 9.90 Å². The molecular formula is C16H23NO4. The Morgan fingerprint density at radius 1 is 1.29 bits per heavy atom. The summed E-state index contributed by atoms with van der Waals surface area (Å²) in [5.74, 6) is 0.366. The summed E-state index contributed by atoms with van der Waals surface area (Å²) in [6, 6.07) is 9.62. The second kappa shape index (κ2) is 8.00. The second-order valence-electron chi connectivity index (χ2n) is 5.54. The molecule has 1 saturated heterocycles. The average Bonchev–Trinajstić information content (AvgIpc) is 2.54. The Hall–Kier alpha value is -1.59. The molecule has 0 saturated carbocycles. The highest BCUT2D eigenvalue weighted by Gasteiger charge is 2.25. The topological polar surface area (TPSA) is 70.0 Å². The largest absolute Gasteiger partial charge is 0.445 e. The number of likely N-dealkylation sites (tertiary alicyclic amines) is 1. The van der Waals surface area contributed by atoms with E-state index in [4.69, 9.17) is 9.84 Å². The van der Waals surface area contributed by atoms with Gasteiger partial charge in [-0.1, -0.05) is 30.3 Å². The number of carbonyl (C=O) groups is 1. The van der Waals surface area contributed by atoms with E-state index in [0.29, 0.717) is 32.0 Å². The van der Waals surface area contributed by atoms with Crippen molar-refractivity contribution in [2.45, 2.75) is 32.0 Å². The Labute approximate surface area is 125 Å². The predicted octanol–water partition coefficient (Wildman–Crippen LogP) is 1.78. The number of piperidine rings is 1. The maximum Gasteiger partial charge on any atom is 0.410 e. The van der Waals surface area contributed by atoms with Crippen molar-refractivity contribution in [3.63, 3.8) is 0 Å². The fraction of sp³-hybridized carbons (Fsp3) is 0.562. The zero-order chi connectivity index (χ0) is 15.1. The number of rotatable bonds is 5. The van der Waals surface area contributed by atoms with Crippen LogP contribution in [0.4, 0.5) is 4.79 Å². The third-order valence-corrected chi connectivity index (χ3v) is 3.89. The summed E-state index contributed by atoms with van der Waals surface area (Å²) in [6.45, 7) is 1.40. The van der Waals surface area contributed by atoms with Crippen LogP contribution in [0.25, 0.3) is 0 Å². The first-order valence-corrected chi connectivity index (χ1v) is 7.43. The zero-order valence-corrected chi connectivity index (χ0v) is 12.1. The van der Waals surface area contributed by atoms with E-state index in [1.807, 2.05) is 30.3 Å². The molecule has 0 spiro atoms. The van der Waals surface area contributed by atoms with Gasteiger partial charge in [-0.3, -0.25) is 0 Å². The van der Waals surface area contributed by atoms with Gasteiger partial charge in [0.1, 0.15) is 6.61 Å². The van der Waals surface area contributed by atoms with Gasteiger partial charge in [-0.05, 0) is 30.7 Å². The van der Waals surface area contributed by atoms with Crippen molar-refractivity contribution in [1.82, 2.24) is 4.90 Å². The minimum Gasteiger partial charge on any atom is -0.445 e. The second-order valence-corrected chi connectivity index (χ2v) is 5.54. The standard InChI is InChI=1S/C16H23NO4/c18-11-15(19)10-13-6-8-17(9-7-13)16(20)21-12-14-4-2-1-3-5-14/h1-5,13,15,18-19H,6-12H2/t15-/m1/s1. The van der Waals surface area contributed by atoms with Gasteiger partial charge in [0, 0.05) is 13.1 Å². The monoisotopic (exact) mass is 293 g/mol. The lowest BCUT2D eigenvalue weighted by Gasteiger charge is -2.32. The molecule has 1 aromatic carbocycles. The first-order valence-electron chi connectivity index (χ1n) is 7.43. The molecule has 5 nitrogen and oxygen atoms in total. The van der Waals surface area contributed by atoms with Crippen molar-refractivity contribution in [2.24, 2.45) is 5.92 Å². The lowest BCUT2D eigenvalue weighted by molar-refractivity contribution is 0.0522. The van der Waals surface area contributed by atoms with Crippen LogP contribution in [-0.4, -0.2) is 47.0 Å². The molecule has 0 unspecified atom stereocenters. The van der Waals surface area contributed by atoms with Crippen molar-refractivity contribution < 1.29 is 19.7 Å². The Balaban J connectivity index is 1.70. The van der Waals surface area contributed by atoms with Crippen LogP contribution in [0, 0.1) is 5.92 Å². The third kappa shape index (κ3) is 5.02. The number of aliphatic hydroxyl groups excluding tert-OH is 2. The van der Waals surface area contributed by atoms with Crippen LogP contribution >= 0.6 is 0 Å². The number of nitrogens with zero attached hydrogens (tertiary/aromatic N) is 1. The first kappa shape index (κ1) is 15.8. The molecule has 0 aliphatic carbocycles. The molecule has 2 rings (SSSR count). The molecule has 21 heavy (non-hydrogen) atoms. The van der Waals surface area contributed by atoms with Crippen molar-refractivity contribution in [1.29, 1.82) is 0 Å². The van der Waals surface area contributed by atoms with Crippen LogP contribution in [0.3, 0.4) is 0 Å². The van der Waals surface area contributed by atoms with Crippen LogP contribution < -0.4 is 0 Å². The maximum absolute atomic E-state index is 12.0. The fourth-order valence-electron chi connectivity index (χ4n) is 2.62. The van der Waals surface area contributed by atoms with Crippen molar-refractivity contribution in [3.05, 3.63) is 35.9 Å². The van der Waals surface area contributed by atoms with Gasteiger partial charge in [-0.15, -0.1) is 0 Å². The van der Waals surface area contributed by atoms with Crippen LogP contribution in [0.1, 0.15) is 24.8 Å². The number of ether oxygens (including phenoxy) is 1. The van der Waals surface area contributed by atoms with Gasteiger partial charge in [0.05, 0.1) is 12.7 Å². The predicted molar refractivity (Wildman–Crippen MR) is 78.6 cm³/mol. The fourth-order valence-corrected chi connectivity index (χ4v) is 2.62. The summed E-state index contributed by atoms with van der Waals surface area (Å²) in [6.07, 6.45) is 1.37. The smallest absolute Gasteiger partial charge is 0.410 e. The molecule has 1 atom stereocenters. The summed E-state index contributed by atoms with van der Waals surface area (Å²) in [5.41, 5.74) is 0.979. The van der Waals surface area contributed by atoms with E-state index >= 15 is 0 Å². The molecule has 1 aliphatic rings. The molecule has 0 bridgehead atoms. The van der Waals surface area contributed by atoms with Crippen LogP contribution in [0.2, 0.25) is 0 Å². The Kier molecular flexibility index (Phi) is 6.02. The van der Waals surface area contributed by atoms with E-state index in [1.165, 1.54) is 0 Å². The third-order valence-electron chi connectivity index (χ3n) is 3.89. The van der Waals surface area contributed by atoms with Gasteiger partial charge in [0.2, 0.25) is 0 Å². The van der Waals surface area contributed by atoms with Gasteiger partial charge in [0.15, 0.2) is 0 Å². The van der Waals surface area contributed by atoms with E-state index in [-0.39, 0.29) is 12.7 Å². The molecule has 2 N–H and O–H groups in total. The molecule has 1 aliphatic heterocycles. The highest BCUT2D eigenvalue weighted by molar-refractivity contribution is 5.67. The van der Waals surface area contributed by atoms with Crippen molar-refractivity contribution in [2.75, 3.05) is 19.7 Å². The van der Waals surface area contributed by atoms with Crippen LogP contribution in [-0.2, 0) is 11.3 Å². The van der Waals surface area contributed by atoms with Crippen molar-refractivity contribution >= 4 is 6.09 Å². The molecule has 1 heterocycles. The summed E-state index contributed by atoms with van der Waals surface area (Å²) in [5, 5.41) is 18.3. The SMILES string of the molecule is O=C(OCc1ccccc1)N1CCC(C[C@@H](O)CO)CC1. The minimum atomic E-state index is -0.647. The number of benzene rings is 1. The first-order chi connectivity index (χ1) is 10.2. The quantitative estimate of drug-likeness (QED) is 0.868. The van der Waals surface area contributed by atoms with Crippen LogP contribution in [0.15, 0.2) is 30.3 Å². The summed E-state index contributed by atoms with van der Waals surface area (Å²) < 4.78 is 5.30. The van der Waals surface area contributed by atoms with Gasteiger partial charge < -0.3 is 19.8 Å². The van der Waals surface area contributed by atoms with E-state index in [2.05, 4.69) is 0 Å². The number of amides is 1. The summed E-state index contributed by atoms with van der Waals surface area (Å²) >= 11 is 0. The average molecular weight is 293 g/mol. The van der Waals surface area contributed by atoms with Gasteiger partial charge >= 0.3 is 6.09 Å².